The van der Waals surface area contributed by atoms with Crippen LogP contribution in [0.25, 0.3) is 0 Å². The van der Waals surface area contributed by atoms with Crippen LogP contribution in [0.4, 0.5) is 13.2 Å². The Morgan fingerprint density at radius 3 is 2.65 bits per heavy atom. The highest BCUT2D eigenvalue weighted by molar-refractivity contribution is 5.93. The van der Waals surface area contributed by atoms with E-state index in [4.69, 9.17) is 9.47 Å². The van der Waals surface area contributed by atoms with Gasteiger partial charge in [0.05, 0.1) is 17.1 Å². The van der Waals surface area contributed by atoms with E-state index in [2.05, 4.69) is 5.32 Å². The number of halogens is 3. The van der Waals surface area contributed by atoms with Gasteiger partial charge in [-0.3, -0.25) is 0 Å². The molecule has 2 fully saturated rings. The van der Waals surface area contributed by atoms with Gasteiger partial charge in [-0.25, -0.2) is 4.79 Å². The van der Waals surface area contributed by atoms with E-state index in [0.717, 1.165) is 25.7 Å². The van der Waals surface area contributed by atoms with Crippen LogP contribution in [0.2, 0.25) is 0 Å². The Balaban J connectivity index is 1.42. The molecule has 1 heterocycles. The number of carbonyl (C=O) groups is 1. The monoisotopic (exact) mass is 369 g/mol. The molecule has 7 heteroatoms. The second-order valence-electron chi connectivity index (χ2n) is 7.55. The van der Waals surface area contributed by atoms with Crippen LogP contribution < -0.4 is 5.32 Å². The molecule has 4 rings (SSSR count). The predicted molar refractivity (Wildman–Crippen MR) is 87.5 cm³/mol. The first-order chi connectivity index (χ1) is 12.4. The van der Waals surface area contributed by atoms with Crippen molar-refractivity contribution in [1.29, 1.82) is 0 Å². The average Bonchev–Trinajstić information content (AvgIpc) is 3.35. The lowest BCUT2D eigenvalue weighted by molar-refractivity contribution is -0.188. The zero-order valence-electron chi connectivity index (χ0n) is 14.3. The SMILES string of the molecule is O=C1OC(O[C@H]2CCCC[C@@H]2NCC2(C(F)(F)F)CC2)c2ccccc21. The van der Waals surface area contributed by atoms with Crippen molar-refractivity contribution in [2.24, 2.45) is 5.41 Å². The number of rotatable bonds is 5. The van der Waals surface area contributed by atoms with Crippen molar-refractivity contribution in [3.63, 3.8) is 0 Å². The summed E-state index contributed by atoms with van der Waals surface area (Å²) in [5, 5.41) is 3.10. The van der Waals surface area contributed by atoms with Crippen molar-refractivity contribution >= 4 is 5.97 Å². The van der Waals surface area contributed by atoms with Crippen LogP contribution in [0.3, 0.4) is 0 Å². The zero-order valence-corrected chi connectivity index (χ0v) is 14.3. The second kappa shape index (κ2) is 6.53. The Bertz CT molecular complexity index is 687. The largest absolute Gasteiger partial charge is 0.428 e. The molecule has 0 aromatic heterocycles. The first-order valence-corrected chi connectivity index (χ1v) is 9.15. The molecule has 0 amide bonds. The molecule has 2 aliphatic carbocycles. The Hall–Kier alpha value is -1.60. The third-order valence-corrected chi connectivity index (χ3v) is 5.81. The molecule has 1 aromatic carbocycles. The lowest BCUT2D eigenvalue weighted by atomic mass is 9.91. The average molecular weight is 369 g/mol. The van der Waals surface area contributed by atoms with Crippen molar-refractivity contribution < 1.29 is 27.4 Å². The van der Waals surface area contributed by atoms with Gasteiger partial charge in [-0.15, -0.1) is 0 Å². The molecule has 1 aromatic rings. The number of benzene rings is 1. The predicted octanol–water partition coefficient (Wildman–Crippen LogP) is 4.12. The number of nitrogens with one attached hydrogen (secondary N) is 1. The summed E-state index contributed by atoms with van der Waals surface area (Å²) in [5.41, 5.74) is -0.385. The van der Waals surface area contributed by atoms with Crippen LogP contribution in [0.15, 0.2) is 24.3 Å². The van der Waals surface area contributed by atoms with Gasteiger partial charge >= 0.3 is 12.1 Å². The summed E-state index contributed by atoms with van der Waals surface area (Å²) in [7, 11) is 0. The molecule has 3 atom stereocenters. The minimum absolute atomic E-state index is 0.0674. The van der Waals surface area contributed by atoms with Crippen LogP contribution in [0.1, 0.15) is 60.7 Å². The molecule has 0 bridgehead atoms. The zero-order chi connectivity index (χ0) is 18.4. The fraction of sp³-hybridized carbons (Fsp3) is 0.632. The number of cyclic esters (lactones) is 1. The smallest absolute Gasteiger partial charge is 0.395 e. The van der Waals surface area contributed by atoms with Gasteiger partial charge in [-0.2, -0.15) is 13.2 Å². The Morgan fingerprint density at radius 2 is 1.92 bits per heavy atom. The molecule has 4 nitrogen and oxygen atoms in total. The molecule has 0 radical (unpaired) electrons. The van der Waals surface area contributed by atoms with E-state index in [1.807, 2.05) is 6.07 Å². The van der Waals surface area contributed by atoms with Gasteiger partial charge in [0.2, 0.25) is 6.29 Å². The number of hydrogen-bond donors (Lipinski definition) is 1. The molecule has 3 aliphatic rings. The molecule has 0 spiro atoms. The molecular formula is C19H22F3NO3. The van der Waals surface area contributed by atoms with Crippen molar-refractivity contribution in [3.8, 4) is 0 Å². The van der Waals surface area contributed by atoms with Crippen LogP contribution >= 0.6 is 0 Å². The van der Waals surface area contributed by atoms with Crippen LogP contribution in [0, 0.1) is 5.41 Å². The number of alkyl halides is 3. The Labute approximate surface area is 150 Å². The third-order valence-electron chi connectivity index (χ3n) is 5.81. The van der Waals surface area contributed by atoms with Crippen LogP contribution in [-0.2, 0) is 9.47 Å². The van der Waals surface area contributed by atoms with E-state index in [-0.39, 0.29) is 31.5 Å². The summed E-state index contributed by atoms with van der Waals surface area (Å²) < 4.78 is 50.8. The maximum absolute atomic E-state index is 13.2. The number of carbonyl (C=O) groups excluding carboxylic acids is 1. The van der Waals surface area contributed by atoms with E-state index in [0.29, 0.717) is 11.1 Å². The minimum atomic E-state index is -4.16. The summed E-state index contributed by atoms with van der Waals surface area (Å²) in [6.45, 7) is -0.0674. The second-order valence-corrected chi connectivity index (χ2v) is 7.55. The summed E-state index contributed by atoms with van der Waals surface area (Å²) >= 11 is 0. The fourth-order valence-electron chi connectivity index (χ4n) is 3.90. The summed E-state index contributed by atoms with van der Waals surface area (Å²) in [5.74, 6) is -0.417. The van der Waals surface area contributed by atoms with Gasteiger partial charge in [0.25, 0.3) is 0 Å². The highest BCUT2D eigenvalue weighted by Crippen LogP contribution is 2.57. The van der Waals surface area contributed by atoms with E-state index >= 15 is 0 Å². The van der Waals surface area contributed by atoms with Crippen molar-refractivity contribution in [2.45, 2.75) is 63.1 Å². The van der Waals surface area contributed by atoms with E-state index in [1.165, 1.54) is 0 Å². The number of hydrogen-bond acceptors (Lipinski definition) is 4. The van der Waals surface area contributed by atoms with Gasteiger partial charge in [0.1, 0.15) is 0 Å². The van der Waals surface area contributed by atoms with Gasteiger partial charge in [0, 0.05) is 18.2 Å². The molecule has 142 valence electrons. The van der Waals surface area contributed by atoms with Crippen LogP contribution in [0.5, 0.6) is 0 Å². The lowest BCUT2D eigenvalue weighted by Gasteiger charge is -2.35. The van der Waals surface area contributed by atoms with Gasteiger partial charge < -0.3 is 14.8 Å². The minimum Gasteiger partial charge on any atom is -0.428 e. The molecular weight excluding hydrogens is 347 g/mol. The van der Waals surface area contributed by atoms with Crippen molar-refractivity contribution in [2.75, 3.05) is 6.54 Å². The molecule has 1 N–H and O–H groups in total. The molecule has 1 aliphatic heterocycles. The summed E-state index contributed by atoms with van der Waals surface area (Å²) in [4.78, 5) is 11.9. The standard InChI is InChI=1S/C19H22F3NO3/c20-19(21,22)18(9-10-18)11-23-14-7-3-4-8-15(14)25-17-13-6-2-1-5-12(13)16(24)26-17/h1-2,5-6,14-15,17,23H,3-4,7-11H2/t14-,15-,17?/m0/s1. The van der Waals surface area contributed by atoms with E-state index in [1.54, 1.807) is 18.2 Å². The molecule has 2 saturated carbocycles. The first kappa shape index (κ1) is 17.8. The highest BCUT2D eigenvalue weighted by Gasteiger charge is 2.62. The van der Waals surface area contributed by atoms with Crippen molar-refractivity contribution in [1.82, 2.24) is 5.32 Å². The van der Waals surface area contributed by atoms with E-state index in [9.17, 15) is 18.0 Å². The van der Waals surface area contributed by atoms with Crippen LogP contribution in [-0.4, -0.2) is 30.8 Å². The molecule has 1 unspecified atom stereocenters. The number of fused-ring (bicyclic) bond motifs is 1. The normalized spacial score (nSPS) is 30.0. The fourth-order valence-corrected chi connectivity index (χ4v) is 3.90. The third kappa shape index (κ3) is 3.22. The molecule has 26 heavy (non-hydrogen) atoms. The summed E-state index contributed by atoms with van der Waals surface area (Å²) in [6, 6.07) is 6.90. The van der Waals surface area contributed by atoms with Gasteiger partial charge in [0.15, 0.2) is 0 Å². The Morgan fingerprint density at radius 1 is 1.19 bits per heavy atom. The maximum atomic E-state index is 13.2. The number of esters is 1. The lowest BCUT2D eigenvalue weighted by Crippen LogP contribution is -2.48. The van der Waals surface area contributed by atoms with E-state index < -0.39 is 23.9 Å². The maximum Gasteiger partial charge on any atom is 0.395 e. The quantitative estimate of drug-likeness (QED) is 0.794. The summed E-state index contributed by atoms with van der Waals surface area (Å²) in [6.07, 6.45) is -1.41. The topological polar surface area (TPSA) is 47.6 Å². The highest BCUT2D eigenvalue weighted by atomic mass is 19.4. The van der Waals surface area contributed by atoms with Crippen molar-refractivity contribution in [3.05, 3.63) is 35.4 Å². The Kier molecular flexibility index (Phi) is 4.47. The number of ether oxygens (including phenoxy) is 2. The van der Waals surface area contributed by atoms with Gasteiger partial charge in [-0.1, -0.05) is 31.0 Å². The van der Waals surface area contributed by atoms with Gasteiger partial charge in [-0.05, 0) is 31.7 Å². The molecule has 0 saturated heterocycles. The first-order valence-electron chi connectivity index (χ1n) is 9.15.